The van der Waals surface area contributed by atoms with E-state index in [1.54, 1.807) is 0 Å². The number of amides is 1. The molecule has 5 nitrogen and oxygen atoms in total. The normalized spacial score (nSPS) is 20.2. The van der Waals surface area contributed by atoms with Crippen molar-refractivity contribution in [3.8, 4) is 0 Å². The molecule has 2 aliphatic carbocycles. The lowest BCUT2D eigenvalue weighted by molar-refractivity contribution is 0.0716. The molecule has 1 amide bonds. The number of carbonyl (C=O) groups is 1. The van der Waals surface area contributed by atoms with Crippen molar-refractivity contribution in [1.29, 1.82) is 0 Å². The van der Waals surface area contributed by atoms with Crippen LogP contribution in [0.3, 0.4) is 0 Å². The summed E-state index contributed by atoms with van der Waals surface area (Å²) in [5.74, 6) is 1.37. The predicted molar refractivity (Wildman–Crippen MR) is 92.1 cm³/mol. The zero-order chi connectivity index (χ0) is 16.6. The van der Waals surface area contributed by atoms with Crippen LogP contribution in [0.4, 0.5) is 0 Å². The second kappa shape index (κ2) is 6.20. The minimum Gasteiger partial charge on any atom is -0.396 e. The van der Waals surface area contributed by atoms with E-state index in [-0.39, 0.29) is 17.9 Å². The van der Waals surface area contributed by atoms with Crippen LogP contribution < -0.4 is 5.32 Å². The van der Waals surface area contributed by atoms with Crippen LogP contribution in [0.25, 0.3) is 5.52 Å². The first-order valence-electron chi connectivity index (χ1n) is 9.08. The summed E-state index contributed by atoms with van der Waals surface area (Å²) in [6.45, 7) is 0.678. The molecule has 2 N–H and O–H groups in total. The van der Waals surface area contributed by atoms with E-state index in [0.717, 1.165) is 49.9 Å². The first-order chi connectivity index (χ1) is 11.7. The Morgan fingerprint density at radius 1 is 1.29 bits per heavy atom. The van der Waals surface area contributed by atoms with Gasteiger partial charge < -0.3 is 14.8 Å². The standard InChI is InChI=1S/C19H25N3O2/c23-13-19(9-3-1-4-10-19)12-20-18(24)16-15-6-2-5-11-22(15)17(21-16)14-7-8-14/h2,5-6,11,14,23H,1,3-4,7-10,12-13H2,(H,20,24). The predicted octanol–water partition coefficient (Wildman–Crippen LogP) is 2.88. The number of imidazole rings is 1. The minimum absolute atomic E-state index is 0.121. The van der Waals surface area contributed by atoms with E-state index in [4.69, 9.17) is 0 Å². The van der Waals surface area contributed by atoms with Crippen molar-refractivity contribution in [2.75, 3.05) is 13.2 Å². The number of hydrogen-bond acceptors (Lipinski definition) is 3. The molecule has 24 heavy (non-hydrogen) atoms. The number of nitrogens with zero attached hydrogens (tertiary/aromatic N) is 2. The van der Waals surface area contributed by atoms with E-state index in [1.807, 2.05) is 24.4 Å². The number of carbonyl (C=O) groups excluding carboxylic acids is 1. The largest absolute Gasteiger partial charge is 0.396 e. The molecule has 0 saturated heterocycles. The summed E-state index contributed by atoms with van der Waals surface area (Å²) in [6, 6.07) is 5.88. The molecule has 0 unspecified atom stereocenters. The fourth-order valence-electron chi connectivity index (χ4n) is 3.90. The first-order valence-corrected chi connectivity index (χ1v) is 9.08. The van der Waals surface area contributed by atoms with Crippen molar-refractivity contribution in [2.45, 2.75) is 50.9 Å². The van der Waals surface area contributed by atoms with Crippen molar-refractivity contribution < 1.29 is 9.90 Å². The first kappa shape index (κ1) is 15.6. The molecular weight excluding hydrogens is 302 g/mol. The van der Waals surface area contributed by atoms with Gasteiger partial charge in [-0.15, -0.1) is 0 Å². The Bertz CT molecular complexity index is 742. The second-order valence-corrected chi connectivity index (χ2v) is 7.45. The summed E-state index contributed by atoms with van der Waals surface area (Å²) >= 11 is 0. The van der Waals surface area contributed by atoms with Gasteiger partial charge in [0.25, 0.3) is 5.91 Å². The van der Waals surface area contributed by atoms with Crippen LogP contribution in [0.2, 0.25) is 0 Å². The van der Waals surface area contributed by atoms with Crippen LogP contribution in [0.5, 0.6) is 0 Å². The Morgan fingerprint density at radius 3 is 2.79 bits per heavy atom. The Balaban J connectivity index is 1.55. The molecular formula is C19H25N3O2. The maximum atomic E-state index is 12.7. The molecule has 0 atom stereocenters. The number of pyridine rings is 1. The van der Waals surface area contributed by atoms with Gasteiger partial charge in [-0.25, -0.2) is 4.98 Å². The molecule has 0 radical (unpaired) electrons. The highest BCUT2D eigenvalue weighted by molar-refractivity contribution is 5.99. The summed E-state index contributed by atoms with van der Waals surface area (Å²) in [5, 5.41) is 12.9. The van der Waals surface area contributed by atoms with Gasteiger partial charge in [-0.1, -0.05) is 25.3 Å². The zero-order valence-electron chi connectivity index (χ0n) is 14.0. The van der Waals surface area contributed by atoms with Gasteiger partial charge >= 0.3 is 0 Å². The molecule has 2 saturated carbocycles. The summed E-state index contributed by atoms with van der Waals surface area (Å²) in [5.41, 5.74) is 1.24. The highest BCUT2D eigenvalue weighted by Gasteiger charge is 2.33. The topological polar surface area (TPSA) is 66.6 Å². The molecule has 0 aromatic carbocycles. The molecule has 2 aromatic rings. The Morgan fingerprint density at radius 2 is 2.08 bits per heavy atom. The van der Waals surface area contributed by atoms with Gasteiger partial charge in [0, 0.05) is 24.1 Å². The lowest BCUT2D eigenvalue weighted by Gasteiger charge is -2.35. The summed E-state index contributed by atoms with van der Waals surface area (Å²) < 4.78 is 2.05. The molecule has 0 bridgehead atoms. The van der Waals surface area contributed by atoms with Gasteiger partial charge in [0.1, 0.15) is 5.82 Å². The van der Waals surface area contributed by atoms with Gasteiger partial charge in [-0.3, -0.25) is 4.79 Å². The van der Waals surface area contributed by atoms with Crippen molar-refractivity contribution in [2.24, 2.45) is 5.41 Å². The number of rotatable bonds is 5. The van der Waals surface area contributed by atoms with E-state index in [2.05, 4.69) is 14.7 Å². The average molecular weight is 327 g/mol. The molecule has 2 fully saturated rings. The van der Waals surface area contributed by atoms with E-state index in [1.165, 1.54) is 6.42 Å². The molecule has 2 heterocycles. The Hall–Kier alpha value is -1.88. The van der Waals surface area contributed by atoms with Gasteiger partial charge in [0.05, 0.1) is 12.1 Å². The lowest BCUT2D eigenvalue weighted by Crippen LogP contribution is -2.41. The molecule has 2 aliphatic rings. The fourth-order valence-corrected chi connectivity index (χ4v) is 3.90. The third-order valence-electron chi connectivity index (χ3n) is 5.61. The van der Waals surface area contributed by atoms with Crippen molar-refractivity contribution in [3.05, 3.63) is 35.9 Å². The van der Waals surface area contributed by atoms with E-state index in [9.17, 15) is 9.90 Å². The SMILES string of the molecule is O=C(NCC1(CO)CCCCC1)c1nc(C2CC2)n2ccccc12. The van der Waals surface area contributed by atoms with E-state index in [0.29, 0.717) is 18.2 Å². The maximum absolute atomic E-state index is 12.7. The smallest absolute Gasteiger partial charge is 0.272 e. The summed E-state index contributed by atoms with van der Waals surface area (Å²) in [4.78, 5) is 17.4. The molecule has 5 heteroatoms. The Kier molecular flexibility index (Phi) is 4.04. The quantitative estimate of drug-likeness (QED) is 0.887. The van der Waals surface area contributed by atoms with Gasteiger partial charge in [0.2, 0.25) is 0 Å². The van der Waals surface area contributed by atoms with E-state index >= 15 is 0 Å². The second-order valence-electron chi connectivity index (χ2n) is 7.45. The monoisotopic (exact) mass is 327 g/mol. The molecule has 4 rings (SSSR count). The van der Waals surface area contributed by atoms with Crippen LogP contribution in [-0.2, 0) is 0 Å². The fraction of sp³-hybridized carbons (Fsp3) is 0.579. The Labute approximate surface area is 142 Å². The van der Waals surface area contributed by atoms with Crippen LogP contribution >= 0.6 is 0 Å². The highest BCUT2D eigenvalue weighted by atomic mass is 16.3. The summed E-state index contributed by atoms with van der Waals surface area (Å²) in [6.07, 6.45) is 9.77. The van der Waals surface area contributed by atoms with Gasteiger partial charge in [0.15, 0.2) is 5.69 Å². The third kappa shape index (κ3) is 2.81. The number of fused-ring (bicyclic) bond motifs is 1. The number of aliphatic hydroxyl groups excluding tert-OH is 1. The highest BCUT2D eigenvalue weighted by Crippen LogP contribution is 2.40. The van der Waals surface area contributed by atoms with Crippen LogP contribution in [0.1, 0.15) is 67.2 Å². The van der Waals surface area contributed by atoms with Crippen LogP contribution in [0.15, 0.2) is 24.4 Å². The summed E-state index contributed by atoms with van der Waals surface area (Å²) in [7, 11) is 0. The van der Waals surface area contributed by atoms with Crippen LogP contribution in [-0.4, -0.2) is 33.6 Å². The minimum atomic E-state index is -0.150. The van der Waals surface area contributed by atoms with Crippen molar-refractivity contribution in [1.82, 2.24) is 14.7 Å². The van der Waals surface area contributed by atoms with Crippen molar-refractivity contribution >= 4 is 11.4 Å². The number of hydrogen-bond donors (Lipinski definition) is 2. The van der Waals surface area contributed by atoms with Gasteiger partial charge in [-0.2, -0.15) is 0 Å². The van der Waals surface area contributed by atoms with Crippen LogP contribution in [0, 0.1) is 5.41 Å². The average Bonchev–Trinajstić information content (AvgIpc) is 3.41. The molecule has 0 spiro atoms. The lowest BCUT2D eigenvalue weighted by atomic mass is 9.74. The molecule has 128 valence electrons. The number of nitrogens with one attached hydrogen (secondary N) is 1. The zero-order valence-corrected chi connectivity index (χ0v) is 14.0. The van der Waals surface area contributed by atoms with Crippen molar-refractivity contribution in [3.63, 3.8) is 0 Å². The number of aliphatic hydroxyl groups is 1. The third-order valence-corrected chi connectivity index (χ3v) is 5.61. The molecule has 2 aromatic heterocycles. The maximum Gasteiger partial charge on any atom is 0.272 e. The van der Waals surface area contributed by atoms with E-state index < -0.39 is 0 Å². The number of aromatic nitrogens is 2. The van der Waals surface area contributed by atoms with Gasteiger partial charge in [-0.05, 0) is 37.8 Å². The molecule has 0 aliphatic heterocycles.